The number of benzene rings is 1. The van der Waals surface area contributed by atoms with Crippen molar-refractivity contribution in [1.29, 1.82) is 0 Å². The number of anilines is 1. The lowest BCUT2D eigenvalue weighted by Gasteiger charge is -2.33. The van der Waals surface area contributed by atoms with Gasteiger partial charge >= 0.3 is 0 Å². The minimum absolute atomic E-state index is 0.163. The molecule has 0 aliphatic carbocycles. The number of hydrogen-bond acceptors (Lipinski definition) is 7. The number of piperidine rings is 1. The monoisotopic (exact) mass is 493 g/mol. The van der Waals surface area contributed by atoms with Crippen LogP contribution in [0.2, 0.25) is 0 Å². The highest BCUT2D eigenvalue weighted by Gasteiger charge is 2.32. The number of likely N-dealkylation sites (tertiary alicyclic amines) is 1. The zero-order chi connectivity index (χ0) is 25.0. The lowest BCUT2D eigenvalue weighted by molar-refractivity contribution is -0.134. The van der Waals surface area contributed by atoms with Gasteiger partial charge in [0.2, 0.25) is 21.9 Å². The fourth-order valence-corrected chi connectivity index (χ4v) is 6.20. The summed E-state index contributed by atoms with van der Waals surface area (Å²) in [7, 11) is -2.46. The molecule has 0 spiro atoms. The fourth-order valence-electron chi connectivity index (χ4n) is 4.45. The van der Waals surface area contributed by atoms with Crippen LogP contribution >= 0.6 is 0 Å². The van der Waals surface area contributed by atoms with Crippen LogP contribution in [0.1, 0.15) is 42.9 Å². The number of ether oxygens (including phenoxy) is 1. The van der Waals surface area contributed by atoms with Crippen LogP contribution in [0.4, 0.5) is 5.95 Å². The molecule has 0 saturated carbocycles. The number of amides is 1. The summed E-state index contributed by atoms with van der Waals surface area (Å²) in [5.41, 5.74) is 3.88. The standard InChI is InChI=1S/C23H35N5O5S/c1-15-6-10-27(11-7-15)22(29)19(8-12-28-13-9-24-23(28)25-30)26-34(31,32)21-16(2)14-20(33-5)17(3)18(21)4/h9,13-15,19,26,30H,6-8,10-12H2,1-5H3,(H,24,25). The maximum absolute atomic E-state index is 13.6. The van der Waals surface area contributed by atoms with E-state index in [9.17, 15) is 18.4 Å². The highest BCUT2D eigenvalue weighted by molar-refractivity contribution is 7.89. The molecular weight excluding hydrogens is 458 g/mol. The van der Waals surface area contributed by atoms with E-state index in [0.717, 1.165) is 18.4 Å². The Balaban J connectivity index is 1.91. The topological polar surface area (TPSA) is 126 Å². The third-order valence-corrected chi connectivity index (χ3v) is 8.39. The van der Waals surface area contributed by atoms with Crippen LogP contribution in [0.5, 0.6) is 5.75 Å². The number of nitrogens with one attached hydrogen (secondary N) is 2. The molecule has 1 aliphatic rings. The van der Waals surface area contributed by atoms with Gasteiger partial charge in [0.1, 0.15) is 11.8 Å². The summed E-state index contributed by atoms with van der Waals surface area (Å²) in [5.74, 6) is 1.14. The molecule has 1 fully saturated rings. The van der Waals surface area contributed by atoms with E-state index in [1.165, 1.54) is 6.20 Å². The highest BCUT2D eigenvalue weighted by Crippen LogP contribution is 2.31. The summed E-state index contributed by atoms with van der Waals surface area (Å²) < 4.78 is 36.8. The van der Waals surface area contributed by atoms with Crippen molar-refractivity contribution in [3.63, 3.8) is 0 Å². The Hall–Kier alpha value is -2.63. The van der Waals surface area contributed by atoms with Gasteiger partial charge in [-0.25, -0.2) is 18.9 Å². The second kappa shape index (κ2) is 10.7. The number of nitrogens with zero attached hydrogens (tertiary/aromatic N) is 3. The van der Waals surface area contributed by atoms with E-state index in [1.807, 2.05) is 12.4 Å². The van der Waals surface area contributed by atoms with E-state index in [1.54, 1.807) is 42.7 Å². The van der Waals surface area contributed by atoms with Crippen molar-refractivity contribution in [2.75, 3.05) is 25.7 Å². The van der Waals surface area contributed by atoms with Gasteiger partial charge in [-0.3, -0.25) is 10.0 Å². The molecule has 1 aliphatic heterocycles. The van der Waals surface area contributed by atoms with Gasteiger partial charge in [-0.2, -0.15) is 4.72 Å². The second-order valence-corrected chi connectivity index (χ2v) is 10.7. The number of aromatic nitrogens is 2. The van der Waals surface area contributed by atoms with E-state index >= 15 is 0 Å². The third kappa shape index (κ3) is 5.53. The maximum Gasteiger partial charge on any atom is 0.241 e. The number of carbonyl (C=O) groups is 1. The Bertz CT molecular complexity index is 1120. The van der Waals surface area contributed by atoms with Crippen molar-refractivity contribution in [1.82, 2.24) is 19.2 Å². The zero-order valence-corrected chi connectivity index (χ0v) is 21.3. The minimum atomic E-state index is -4.01. The van der Waals surface area contributed by atoms with Crippen molar-refractivity contribution < 1.29 is 23.2 Å². The Labute approximate surface area is 201 Å². The molecule has 2 heterocycles. The first kappa shape index (κ1) is 26.0. The molecule has 2 aromatic rings. The molecule has 1 atom stereocenters. The van der Waals surface area contributed by atoms with Crippen LogP contribution in [0.15, 0.2) is 23.4 Å². The average molecular weight is 494 g/mol. The first-order chi connectivity index (χ1) is 16.1. The van der Waals surface area contributed by atoms with Gasteiger partial charge in [-0.1, -0.05) is 6.92 Å². The quantitative estimate of drug-likeness (QED) is 0.459. The number of sulfonamides is 1. The predicted octanol–water partition coefficient (Wildman–Crippen LogP) is 2.61. The van der Waals surface area contributed by atoms with Gasteiger partial charge in [0, 0.05) is 32.0 Å². The van der Waals surface area contributed by atoms with Gasteiger partial charge in [0.05, 0.1) is 12.0 Å². The fraction of sp³-hybridized carbons (Fsp3) is 0.565. The molecule has 1 saturated heterocycles. The molecule has 3 N–H and O–H groups in total. The Morgan fingerprint density at radius 2 is 1.94 bits per heavy atom. The molecule has 1 amide bonds. The second-order valence-electron chi connectivity index (χ2n) is 9.00. The largest absolute Gasteiger partial charge is 0.496 e. The molecule has 0 radical (unpaired) electrons. The number of rotatable bonds is 9. The SMILES string of the molecule is COc1cc(C)c(S(=O)(=O)NC(CCn2ccnc2NO)C(=O)N2CCC(C)CC2)c(C)c1C. The molecule has 1 aromatic heterocycles. The van der Waals surface area contributed by atoms with Crippen LogP contribution < -0.4 is 14.9 Å². The highest BCUT2D eigenvalue weighted by atomic mass is 32.2. The van der Waals surface area contributed by atoms with Crippen molar-refractivity contribution in [3.05, 3.63) is 35.2 Å². The number of hydrogen-bond donors (Lipinski definition) is 3. The van der Waals surface area contributed by atoms with Gasteiger partial charge in [0.15, 0.2) is 0 Å². The van der Waals surface area contributed by atoms with E-state index in [4.69, 9.17) is 4.74 Å². The average Bonchev–Trinajstić information content (AvgIpc) is 3.26. The molecule has 188 valence electrons. The first-order valence-electron chi connectivity index (χ1n) is 11.5. The lowest BCUT2D eigenvalue weighted by atomic mass is 9.98. The summed E-state index contributed by atoms with van der Waals surface area (Å²) in [4.78, 5) is 19.3. The molecule has 10 nitrogen and oxygen atoms in total. The van der Waals surface area contributed by atoms with Crippen molar-refractivity contribution >= 4 is 21.9 Å². The molecule has 3 rings (SSSR count). The number of methoxy groups -OCH3 is 1. The van der Waals surface area contributed by atoms with Crippen molar-refractivity contribution in [2.45, 2.75) is 64.4 Å². The first-order valence-corrected chi connectivity index (χ1v) is 12.9. The maximum atomic E-state index is 13.6. The predicted molar refractivity (Wildman–Crippen MR) is 129 cm³/mol. The smallest absolute Gasteiger partial charge is 0.241 e. The molecule has 34 heavy (non-hydrogen) atoms. The number of aryl methyl sites for hydroxylation is 2. The van der Waals surface area contributed by atoms with Crippen LogP contribution in [-0.2, 0) is 21.4 Å². The van der Waals surface area contributed by atoms with Crippen LogP contribution in [0.25, 0.3) is 0 Å². The van der Waals surface area contributed by atoms with Crippen LogP contribution in [0, 0.1) is 26.7 Å². The number of imidazole rings is 1. The Morgan fingerprint density at radius 1 is 1.26 bits per heavy atom. The summed E-state index contributed by atoms with van der Waals surface area (Å²) >= 11 is 0. The summed E-state index contributed by atoms with van der Waals surface area (Å²) in [6.45, 7) is 8.92. The Morgan fingerprint density at radius 3 is 2.56 bits per heavy atom. The summed E-state index contributed by atoms with van der Waals surface area (Å²) in [6.07, 6.45) is 5.14. The van der Waals surface area contributed by atoms with Gasteiger partial charge in [-0.15, -0.1) is 0 Å². The van der Waals surface area contributed by atoms with Gasteiger partial charge in [-0.05, 0) is 68.7 Å². The summed E-state index contributed by atoms with van der Waals surface area (Å²) in [6, 6.07) is 0.735. The van der Waals surface area contributed by atoms with E-state index in [-0.39, 0.29) is 29.7 Å². The third-order valence-electron chi connectivity index (χ3n) is 6.63. The Kier molecular flexibility index (Phi) is 8.21. The molecule has 1 unspecified atom stereocenters. The normalized spacial score (nSPS) is 15.9. The zero-order valence-electron chi connectivity index (χ0n) is 20.5. The van der Waals surface area contributed by atoms with Gasteiger partial charge < -0.3 is 14.2 Å². The van der Waals surface area contributed by atoms with E-state index < -0.39 is 16.1 Å². The lowest BCUT2D eigenvalue weighted by Crippen LogP contribution is -2.51. The van der Waals surface area contributed by atoms with Crippen molar-refractivity contribution in [2.24, 2.45) is 5.92 Å². The number of carbonyl (C=O) groups excluding carboxylic acids is 1. The van der Waals surface area contributed by atoms with Crippen LogP contribution in [-0.4, -0.2) is 60.2 Å². The molecule has 1 aromatic carbocycles. The molecule has 11 heteroatoms. The van der Waals surface area contributed by atoms with Gasteiger partial charge in [0.25, 0.3) is 0 Å². The minimum Gasteiger partial charge on any atom is -0.496 e. The van der Waals surface area contributed by atoms with Crippen LogP contribution in [0.3, 0.4) is 0 Å². The van der Waals surface area contributed by atoms with Crippen molar-refractivity contribution in [3.8, 4) is 5.75 Å². The summed E-state index contributed by atoms with van der Waals surface area (Å²) in [5, 5.41) is 9.25. The van der Waals surface area contributed by atoms with E-state index in [0.29, 0.717) is 35.9 Å². The van der Waals surface area contributed by atoms with E-state index in [2.05, 4.69) is 16.6 Å². The molecule has 0 bridgehead atoms. The molecular formula is C23H35N5O5S.